The molecule has 1 aromatic heterocycles. The number of aryl methyl sites for hydroxylation is 1. The van der Waals surface area contributed by atoms with Crippen molar-refractivity contribution >= 4 is 33.9 Å². The van der Waals surface area contributed by atoms with E-state index >= 15 is 0 Å². The van der Waals surface area contributed by atoms with Gasteiger partial charge in [0.2, 0.25) is 5.91 Å². The molecule has 3 aliphatic rings. The third-order valence-corrected chi connectivity index (χ3v) is 9.42. The molecule has 0 radical (unpaired) electrons. The van der Waals surface area contributed by atoms with Crippen LogP contribution in [-0.2, 0) is 11.3 Å². The topological polar surface area (TPSA) is 92.1 Å². The van der Waals surface area contributed by atoms with Gasteiger partial charge in [-0.2, -0.15) is 15.2 Å². The van der Waals surface area contributed by atoms with E-state index in [1.165, 1.54) is 34.5 Å². The van der Waals surface area contributed by atoms with Crippen LogP contribution in [0.3, 0.4) is 0 Å². The predicted molar refractivity (Wildman–Crippen MR) is 174 cm³/mol. The molecule has 3 aliphatic heterocycles. The summed E-state index contributed by atoms with van der Waals surface area (Å²) >= 11 is 0. The Bertz CT molecular complexity index is 1580. The molecule has 10 nitrogen and oxygen atoms in total. The number of likely N-dealkylation sites (N-methyl/N-ethyl adjacent to an activating group) is 2. The number of anilines is 3. The van der Waals surface area contributed by atoms with Gasteiger partial charge in [0.05, 0.1) is 30.8 Å². The molecule has 230 valence electrons. The first-order valence-electron chi connectivity index (χ1n) is 15.6. The van der Waals surface area contributed by atoms with Crippen molar-refractivity contribution in [1.29, 1.82) is 5.26 Å². The number of hydrogen-bond donors (Lipinski definition) is 0. The smallest absolute Gasteiger partial charge is 0.318 e. The molecule has 1 amide bonds. The van der Waals surface area contributed by atoms with Gasteiger partial charge in [-0.25, -0.2) is 0 Å². The summed E-state index contributed by atoms with van der Waals surface area (Å²) in [6, 6.07) is 15.7. The Morgan fingerprint density at radius 1 is 1.07 bits per heavy atom. The van der Waals surface area contributed by atoms with Gasteiger partial charge in [0.15, 0.2) is 5.82 Å². The number of nitriles is 1. The average Bonchev–Trinajstić information content (AvgIpc) is 3.37. The fraction of sp³-hybridized carbons (Fsp3) is 0.471. The molecular formula is C34H42N8O2. The molecular weight excluding hydrogens is 552 g/mol. The summed E-state index contributed by atoms with van der Waals surface area (Å²) in [6.45, 7) is 11.3. The molecule has 0 saturated carbocycles. The van der Waals surface area contributed by atoms with Crippen molar-refractivity contribution in [2.45, 2.75) is 44.8 Å². The van der Waals surface area contributed by atoms with E-state index in [1.807, 2.05) is 0 Å². The average molecular weight is 595 g/mol. The lowest BCUT2D eigenvalue weighted by Gasteiger charge is -2.41. The van der Waals surface area contributed by atoms with Gasteiger partial charge in [-0.05, 0) is 56.4 Å². The fourth-order valence-electron chi connectivity index (χ4n) is 6.97. The maximum Gasteiger partial charge on any atom is 0.318 e. The van der Waals surface area contributed by atoms with Crippen molar-refractivity contribution < 1.29 is 9.53 Å². The zero-order chi connectivity index (χ0) is 30.8. The summed E-state index contributed by atoms with van der Waals surface area (Å²) < 4.78 is 6.36. The lowest BCUT2D eigenvalue weighted by atomic mass is 10.0. The van der Waals surface area contributed by atoms with Gasteiger partial charge in [0.1, 0.15) is 12.3 Å². The quantitative estimate of drug-likeness (QED) is 0.377. The van der Waals surface area contributed by atoms with Crippen LogP contribution in [0.2, 0.25) is 0 Å². The number of likely N-dealkylation sites (tertiary alicyclic amines) is 1. The maximum atomic E-state index is 12.6. The Balaban J connectivity index is 1.39. The van der Waals surface area contributed by atoms with E-state index < -0.39 is 0 Å². The van der Waals surface area contributed by atoms with Gasteiger partial charge >= 0.3 is 6.01 Å². The van der Waals surface area contributed by atoms with Crippen molar-refractivity contribution in [3.63, 3.8) is 0 Å². The lowest BCUT2D eigenvalue weighted by molar-refractivity contribution is -0.128. The molecule has 44 heavy (non-hydrogen) atoms. The third-order valence-electron chi connectivity index (χ3n) is 9.42. The second-order valence-electron chi connectivity index (χ2n) is 12.2. The summed E-state index contributed by atoms with van der Waals surface area (Å²) in [7, 11) is 4.24. The number of carbonyl (C=O) groups excluding carboxylic acids is 1. The van der Waals surface area contributed by atoms with E-state index in [0.717, 1.165) is 43.3 Å². The largest absolute Gasteiger partial charge is 0.462 e. The Hall–Kier alpha value is -4.36. The van der Waals surface area contributed by atoms with E-state index in [-0.39, 0.29) is 18.4 Å². The molecule has 0 unspecified atom stereocenters. The number of hydrogen-bond acceptors (Lipinski definition) is 9. The Morgan fingerprint density at radius 3 is 2.61 bits per heavy atom. The molecule has 0 N–H and O–H groups in total. The highest BCUT2D eigenvalue weighted by Gasteiger charge is 2.34. The van der Waals surface area contributed by atoms with Crippen LogP contribution in [0.15, 0.2) is 49.1 Å². The number of amides is 1. The number of rotatable bonds is 7. The summed E-state index contributed by atoms with van der Waals surface area (Å²) in [6.07, 6.45) is 3.84. The predicted octanol–water partition coefficient (Wildman–Crippen LogP) is 3.98. The highest BCUT2D eigenvalue weighted by atomic mass is 16.5. The molecule has 0 aliphatic carbocycles. The first kappa shape index (κ1) is 29.7. The monoisotopic (exact) mass is 594 g/mol. The third kappa shape index (κ3) is 5.76. The first-order valence-corrected chi connectivity index (χ1v) is 15.6. The highest BCUT2D eigenvalue weighted by Crippen LogP contribution is 2.38. The van der Waals surface area contributed by atoms with E-state index in [4.69, 9.17) is 14.7 Å². The Labute approximate surface area is 260 Å². The fourth-order valence-corrected chi connectivity index (χ4v) is 6.97. The molecule has 4 heterocycles. The first-order chi connectivity index (χ1) is 21.4. The molecule has 2 atom stereocenters. The normalized spacial score (nSPS) is 20.8. The molecule has 2 fully saturated rings. The number of carbonyl (C=O) groups is 1. The van der Waals surface area contributed by atoms with Crippen molar-refractivity contribution in [2.24, 2.45) is 0 Å². The van der Waals surface area contributed by atoms with E-state index in [2.05, 4.69) is 89.7 Å². The van der Waals surface area contributed by atoms with Crippen molar-refractivity contribution in [1.82, 2.24) is 19.8 Å². The Kier molecular flexibility index (Phi) is 8.58. The van der Waals surface area contributed by atoms with Gasteiger partial charge in [-0.1, -0.05) is 36.9 Å². The Morgan fingerprint density at radius 2 is 1.86 bits per heavy atom. The van der Waals surface area contributed by atoms with Crippen LogP contribution in [-0.4, -0.2) is 97.7 Å². The van der Waals surface area contributed by atoms with Gasteiger partial charge in [0, 0.05) is 56.9 Å². The van der Waals surface area contributed by atoms with Crippen LogP contribution >= 0.6 is 0 Å². The number of ether oxygens (including phenoxy) is 1. The van der Waals surface area contributed by atoms with Gasteiger partial charge in [-0.3, -0.25) is 4.79 Å². The second-order valence-corrected chi connectivity index (χ2v) is 12.2. The standard InChI is InChI=1S/C34H42N8O2/c1-5-30(43)42-20-19-41(21-26(42)14-15-35)33-32-28(36-34(37-33)44-23-27-12-8-16-38(27)3)22-40(18-17-39(32)4)29-13-7-11-25-10-6-9-24(2)31(25)29/h5-7,9-11,13,26-27H,1,8,12,14,16-23H2,2-4H3/t26-,27+/m0/s1. The van der Waals surface area contributed by atoms with Crippen molar-refractivity contribution in [3.8, 4) is 12.1 Å². The van der Waals surface area contributed by atoms with Crippen molar-refractivity contribution in [2.75, 3.05) is 74.7 Å². The van der Waals surface area contributed by atoms with Crippen LogP contribution in [0.25, 0.3) is 10.8 Å². The van der Waals surface area contributed by atoms with E-state index in [1.54, 1.807) is 4.90 Å². The number of fused-ring (bicyclic) bond motifs is 2. The summed E-state index contributed by atoms with van der Waals surface area (Å²) in [5, 5.41) is 12.1. The van der Waals surface area contributed by atoms with Crippen LogP contribution in [0.5, 0.6) is 6.01 Å². The minimum atomic E-state index is -0.257. The number of piperazine rings is 1. The van der Waals surface area contributed by atoms with Crippen LogP contribution in [0.4, 0.5) is 17.2 Å². The molecule has 10 heteroatoms. The lowest BCUT2D eigenvalue weighted by Crippen LogP contribution is -2.55. The summed E-state index contributed by atoms with van der Waals surface area (Å²) in [5.41, 5.74) is 4.34. The molecule has 2 saturated heterocycles. The van der Waals surface area contributed by atoms with Gasteiger partial charge in [0.25, 0.3) is 0 Å². The van der Waals surface area contributed by atoms with Crippen LogP contribution < -0.4 is 19.4 Å². The number of benzene rings is 2. The number of nitrogens with zero attached hydrogens (tertiary/aromatic N) is 8. The molecule has 0 spiro atoms. The minimum absolute atomic E-state index is 0.144. The van der Waals surface area contributed by atoms with E-state index in [9.17, 15) is 10.1 Å². The molecule has 2 aromatic carbocycles. The minimum Gasteiger partial charge on any atom is -0.462 e. The number of aromatic nitrogens is 2. The zero-order valence-corrected chi connectivity index (χ0v) is 26.1. The van der Waals surface area contributed by atoms with Gasteiger partial charge < -0.3 is 29.2 Å². The summed E-state index contributed by atoms with van der Waals surface area (Å²) in [5.74, 6) is 0.658. The molecule has 3 aromatic rings. The zero-order valence-electron chi connectivity index (χ0n) is 26.1. The van der Waals surface area contributed by atoms with Crippen LogP contribution in [0.1, 0.15) is 30.5 Å². The van der Waals surface area contributed by atoms with Crippen molar-refractivity contribution in [3.05, 3.63) is 60.3 Å². The summed E-state index contributed by atoms with van der Waals surface area (Å²) in [4.78, 5) is 33.7. The molecule has 6 rings (SSSR count). The molecule has 0 bridgehead atoms. The SMILES string of the molecule is C=CC(=O)N1CCN(c2nc(OC[C@H]3CCCN3C)nc3c2N(C)CCN(c2cccc4cccc(C)c24)C3)C[C@@H]1CC#N. The van der Waals surface area contributed by atoms with Crippen LogP contribution in [0, 0.1) is 18.3 Å². The van der Waals surface area contributed by atoms with E-state index in [0.29, 0.717) is 44.8 Å². The second kappa shape index (κ2) is 12.7. The maximum absolute atomic E-state index is 12.6. The van der Waals surface area contributed by atoms with Gasteiger partial charge in [-0.15, -0.1) is 0 Å². The highest BCUT2D eigenvalue weighted by molar-refractivity contribution is 5.97.